The highest BCUT2D eigenvalue weighted by molar-refractivity contribution is 7.15. The van der Waals surface area contributed by atoms with Crippen LogP contribution < -0.4 is 0 Å². The zero-order valence-electron chi connectivity index (χ0n) is 11.4. The molecule has 0 aliphatic carbocycles. The Hall–Kier alpha value is -1.39. The minimum atomic E-state index is -0.785. The Kier molecular flexibility index (Phi) is 4.78. The molecule has 0 saturated heterocycles. The van der Waals surface area contributed by atoms with Crippen LogP contribution in [0.15, 0.2) is 24.3 Å². The first-order chi connectivity index (χ1) is 9.49. The molecule has 1 N–H and O–H groups in total. The summed E-state index contributed by atoms with van der Waals surface area (Å²) in [7, 11) is 0. The number of hydrogen-bond donors (Lipinski definition) is 1. The lowest BCUT2D eigenvalue weighted by Gasteiger charge is -2.03. The predicted molar refractivity (Wildman–Crippen MR) is 82.6 cm³/mol. The molecule has 20 heavy (non-hydrogen) atoms. The van der Waals surface area contributed by atoms with Crippen LogP contribution in [0, 0.1) is 0 Å². The van der Waals surface area contributed by atoms with Crippen molar-refractivity contribution in [1.29, 1.82) is 0 Å². The fraction of sp³-hybridized carbons (Fsp3) is 0.333. The van der Waals surface area contributed by atoms with E-state index < -0.39 is 5.97 Å². The van der Waals surface area contributed by atoms with Crippen molar-refractivity contribution in [3.8, 4) is 10.6 Å². The summed E-state index contributed by atoms with van der Waals surface area (Å²) in [5.41, 5.74) is 1.88. The summed E-state index contributed by atoms with van der Waals surface area (Å²) in [5, 5.41) is 10.4. The maximum absolute atomic E-state index is 10.7. The van der Waals surface area contributed by atoms with Crippen molar-refractivity contribution in [3.05, 3.63) is 39.9 Å². The van der Waals surface area contributed by atoms with E-state index in [9.17, 15) is 4.79 Å². The summed E-state index contributed by atoms with van der Waals surface area (Å²) >= 11 is 7.74. The van der Waals surface area contributed by atoms with Gasteiger partial charge in [-0.2, -0.15) is 0 Å². The molecule has 0 radical (unpaired) electrons. The van der Waals surface area contributed by atoms with Crippen LogP contribution in [0.25, 0.3) is 10.6 Å². The zero-order chi connectivity index (χ0) is 14.7. The molecule has 5 heteroatoms. The van der Waals surface area contributed by atoms with Crippen molar-refractivity contribution in [2.75, 3.05) is 0 Å². The Morgan fingerprint density at radius 2 is 2.10 bits per heavy atom. The molecule has 1 aromatic heterocycles. The number of rotatable bonds is 5. The number of carbonyl (C=O) groups is 1. The van der Waals surface area contributed by atoms with E-state index >= 15 is 0 Å². The molecule has 2 aromatic rings. The van der Waals surface area contributed by atoms with Gasteiger partial charge in [-0.3, -0.25) is 4.79 Å². The van der Waals surface area contributed by atoms with Crippen LogP contribution in [0.2, 0.25) is 5.02 Å². The average Bonchev–Trinajstić information content (AvgIpc) is 2.81. The number of hydrogen-bond acceptors (Lipinski definition) is 3. The molecule has 0 bridgehead atoms. The fourth-order valence-electron chi connectivity index (χ4n) is 1.96. The van der Waals surface area contributed by atoms with Gasteiger partial charge in [0.1, 0.15) is 5.01 Å². The third-order valence-electron chi connectivity index (χ3n) is 2.94. The molecule has 0 amide bonds. The van der Waals surface area contributed by atoms with Gasteiger partial charge in [0, 0.05) is 10.4 Å². The second-order valence-corrected chi connectivity index (χ2v) is 6.35. The van der Waals surface area contributed by atoms with Gasteiger partial charge in [0.05, 0.1) is 17.1 Å². The number of carboxylic acids is 1. The standard InChI is InChI=1S/C15H16ClNO2S/c1-9(2)14-12(7-8-13(18)19)20-15(17-14)10-5-3-4-6-11(10)16/h3-6,9H,7-8H2,1-2H3,(H,18,19). The van der Waals surface area contributed by atoms with Crippen LogP contribution in [0.3, 0.4) is 0 Å². The van der Waals surface area contributed by atoms with E-state index in [4.69, 9.17) is 16.7 Å². The highest BCUT2D eigenvalue weighted by Gasteiger charge is 2.17. The van der Waals surface area contributed by atoms with Crippen molar-refractivity contribution >= 4 is 28.9 Å². The van der Waals surface area contributed by atoms with Gasteiger partial charge in [-0.1, -0.05) is 43.6 Å². The van der Waals surface area contributed by atoms with E-state index in [0.29, 0.717) is 11.4 Å². The highest BCUT2D eigenvalue weighted by Crippen LogP contribution is 2.35. The lowest BCUT2D eigenvalue weighted by molar-refractivity contribution is -0.136. The third kappa shape index (κ3) is 3.38. The average molecular weight is 310 g/mol. The molecule has 0 saturated carbocycles. The smallest absolute Gasteiger partial charge is 0.303 e. The van der Waals surface area contributed by atoms with E-state index in [1.165, 1.54) is 11.3 Å². The first-order valence-electron chi connectivity index (χ1n) is 6.45. The molecule has 0 atom stereocenters. The number of thiazole rings is 1. The van der Waals surface area contributed by atoms with Crippen molar-refractivity contribution in [3.63, 3.8) is 0 Å². The number of aliphatic carboxylic acids is 1. The summed E-state index contributed by atoms with van der Waals surface area (Å²) in [4.78, 5) is 16.4. The summed E-state index contributed by atoms with van der Waals surface area (Å²) in [6.45, 7) is 4.13. The highest BCUT2D eigenvalue weighted by atomic mass is 35.5. The predicted octanol–water partition coefficient (Wildman–Crippen LogP) is 4.60. The van der Waals surface area contributed by atoms with Gasteiger partial charge in [0.25, 0.3) is 0 Å². The maximum Gasteiger partial charge on any atom is 0.303 e. The summed E-state index contributed by atoms with van der Waals surface area (Å²) < 4.78 is 0. The minimum absolute atomic E-state index is 0.129. The number of aromatic nitrogens is 1. The van der Waals surface area contributed by atoms with Gasteiger partial charge >= 0.3 is 5.97 Å². The van der Waals surface area contributed by atoms with Gasteiger partial charge in [-0.05, 0) is 18.4 Å². The molecule has 2 rings (SSSR count). The van der Waals surface area contributed by atoms with Gasteiger partial charge in [-0.15, -0.1) is 11.3 Å². The quantitative estimate of drug-likeness (QED) is 0.877. The number of halogens is 1. The van der Waals surface area contributed by atoms with Gasteiger partial charge in [0.15, 0.2) is 0 Å². The largest absolute Gasteiger partial charge is 0.481 e. The zero-order valence-corrected chi connectivity index (χ0v) is 13.0. The summed E-state index contributed by atoms with van der Waals surface area (Å²) in [6, 6.07) is 7.58. The Labute approximate surface area is 127 Å². The fourth-order valence-corrected chi connectivity index (χ4v) is 3.50. The van der Waals surface area contributed by atoms with Crippen molar-refractivity contribution < 1.29 is 9.90 Å². The van der Waals surface area contributed by atoms with Gasteiger partial charge in [0.2, 0.25) is 0 Å². The lowest BCUT2D eigenvalue weighted by Crippen LogP contribution is -1.99. The normalized spacial score (nSPS) is 11.0. The number of aryl methyl sites for hydroxylation is 1. The van der Waals surface area contributed by atoms with Crippen LogP contribution >= 0.6 is 22.9 Å². The number of carboxylic acid groups (broad SMARTS) is 1. The van der Waals surface area contributed by atoms with Crippen LogP contribution in [0.4, 0.5) is 0 Å². The topological polar surface area (TPSA) is 50.2 Å². The maximum atomic E-state index is 10.7. The molecule has 0 fully saturated rings. The monoisotopic (exact) mass is 309 g/mol. The van der Waals surface area contributed by atoms with Crippen LogP contribution in [-0.4, -0.2) is 16.1 Å². The van der Waals surface area contributed by atoms with Crippen LogP contribution in [0.1, 0.15) is 36.8 Å². The second kappa shape index (κ2) is 6.37. The molecule has 106 valence electrons. The van der Waals surface area contributed by atoms with Crippen molar-refractivity contribution in [2.45, 2.75) is 32.6 Å². The first-order valence-corrected chi connectivity index (χ1v) is 7.64. The van der Waals surface area contributed by atoms with E-state index in [-0.39, 0.29) is 12.3 Å². The third-order valence-corrected chi connectivity index (χ3v) is 4.44. The molecule has 0 unspecified atom stereocenters. The Morgan fingerprint density at radius 1 is 1.40 bits per heavy atom. The van der Waals surface area contributed by atoms with Crippen LogP contribution in [-0.2, 0) is 11.2 Å². The molecular weight excluding hydrogens is 294 g/mol. The summed E-state index contributed by atoms with van der Waals surface area (Å²) in [5.74, 6) is -0.515. The molecule has 0 spiro atoms. The molecule has 0 aliphatic heterocycles. The summed E-state index contributed by atoms with van der Waals surface area (Å²) in [6.07, 6.45) is 0.648. The minimum Gasteiger partial charge on any atom is -0.481 e. The van der Waals surface area contributed by atoms with Crippen molar-refractivity contribution in [1.82, 2.24) is 4.98 Å². The second-order valence-electron chi connectivity index (χ2n) is 4.86. The number of nitrogens with zero attached hydrogens (tertiary/aromatic N) is 1. The molecule has 3 nitrogen and oxygen atoms in total. The van der Waals surface area contributed by atoms with Gasteiger partial charge in [-0.25, -0.2) is 4.98 Å². The van der Waals surface area contributed by atoms with Crippen molar-refractivity contribution in [2.24, 2.45) is 0 Å². The van der Waals surface area contributed by atoms with E-state index in [0.717, 1.165) is 21.1 Å². The molecular formula is C15H16ClNO2S. The number of benzene rings is 1. The Morgan fingerprint density at radius 3 is 2.70 bits per heavy atom. The van der Waals surface area contributed by atoms with E-state index in [2.05, 4.69) is 18.8 Å². The first kappa shape index (κ1) is 15.0. The SMILES string of the molecule is CC(C)c1nc(-c2ccccc2Cl)sc1CCC(=O)O. The van der Waals surface area contributed by atoms with E-state index in [1.807, 2.05) is 24.3 Å². The van der Waals surface area contributed by atoms with E-state index in [1.54, 1.807) is 0 Å². The molecule has 0 aliphatic rings. The molecule has 1 heterocycles. The van der Waals surface area contributed by atoms with Crippen LogP contribution in [0.5, 0.6) is 0 Å². The van der Waals surface area contributed by atoms with Gasteiger partial charge < -0.3 is 5.11 Å². The Bertz CT molecular complexity index is 622. The lowest BCUT2D eigenvalue weighted by atomic mass is 10.1. The molecule has 1 aromatic carbocycles. The Balaban J connectivity index is 2.39.